The van der Waals surface area contributed by atoms with E-state index in [0.717, 1.165) is 6.92 Å². The van der Waals surface area contributed by atoms with E-state index in [1.807, 2.05) is 0 Å². The smallest absolute Gasteiger partial charge is 0.281 e. The molecule has 6 heteroatoms. The van der Waals surface area contributed by atoms with E-state index in [4.69, 9.17) is 4.55 Å². The van der Waals surface area contributed by atoms with Crippen LogP contribution >= 0.6 is 0 Å². The standard InChI is InChI=1S/C3H6F2O3S/c1-2-3(4,5)9(6,7)8/h2H2,1H3,(H,6,7,8). The SMILES string of the molecule is CCC(F)(F)S(=O)(=O)O. The van der Waals surface area contributed by atoms with E-state index in [1.165, 1.54) is 0 Å². The predicted molar refractivity (Wildman–Crippen MR) is 26.8 cm³/mol. The molecule has 0 rings (SSSR count). The zero-order chi connectivity index (χ0) is 7.71. The van der Waals surface area contributed by atoms with E-state index < -0.39 is 21.8 Å². The summed E-state index contributed by atoms with van der Waals surface area (Å²) < 4.78 is 50.8. The maximum absolute atomic E-state index is 11.8. The number of hydrogen-bond acceptors (Lipinski definition) is 2. The van der Waals surface area contributed by atoms with Crippen LogP contribution in [0, 0.1) is 0 Å². The van der Waals surface area contributed by atoms with Crippen LogP contribution < -0.4 is 0 Å². The van der Waals surface area contributed by atoms with Crippen molar-refractivity contribution in [3.05, 3.63) is 0 Å². The van der Waals surface area contributed by atoms with Crippen molar-refractivity contribution in [2.45, 2.75) is 18.6 Å². The van der Waals surface area contributed by atoms with Crippen LogP contribution in [0.2, 0.25) is 0 Å². The second-order valence-corrected chi connectivity index (χ2v) is 3.01. The second-order valence-electron chi connectivity index (χ2n) is 1.47. The van der Waals surface area contributed by atoms with Crippen LogP contribution in [0.1, 0.15) is 13.3 Å². The molecule has 0 saturated heterocycles. The summed E-state index contributed by atoms with van der Waals surface area (Å²) in [5.41, 5.74) is 0. The lowest BCUT2D eigenvalue weighted by Gasteiger charge is -2.07. The summed E-state index contributed by atoms with van der Waals surface area (Å²) >= 11 is 0. The average molecular weight is 160 g/mol. The van der Waals surface area contributed by atoms with Crippen molar-refractivity contribution >= 4 is 10.1 Å². The fourth-order valence-electron chi connectivity index (χ4n) is 0.182. The maximum Gasteiger partial charge on any atom is 0.369 e. The van der Waals surface area contributed by atoms with E-state index in [0.29, 0.717) is 0 Å². The molecule has 56 valence electrons. The quantitative estimate of drug-likeness (QED) is 0.610. The summed E-state index contributed by atoms with van der Waals surface area (Å²) in [6.45, 7) is 0.966. The van der Waals surface area contributed by atoms with Crippen LogP contribution in [0.25, 0.3) is 0 Å². The maximum atomic E-state index is 11.8. The van der Waals surface area contributed by atoms with Crippen molar-refractivity contribution < 1.29 is 21.8 Å². The molecule has 0 aromatic rings. The summed E-state index contributed by atoms with van der Waals surface area (Å²) in [6.07, 6.45) is -0.911. The van der Waals surface area contributed by atoms with Gasteiger partial charge in [-0.3, -0.25) is 4.55 Å². The Morgan fingerprint density at radius 1 is 1.56 bits per heavy atom. The average Bonchev–Trinajstić information content (AvgIpc) is 1.64. The second kappa shape index (κ2) is 2.18. The topological polar surface area (TPSA) is 54.4 Å². The minimum absolute atomic E-state index is 0.911. The van der Waals surface area contributed by atoms with Crippen LogP contribution in [0.5, 0.6) is 0 Å². The number of rotatable bonds is 2. The minimum atomic E-state index is -5.19. The lowest BCUT2D eigenvalue weighted by atomic mass is 10.5. The highest BCUT2D eigenvalue weighted by molar-refractivity contribution is 7.86. The third-order valence-corrected chi connectivity index (χ3v) is 1.83. The van der Waals surface area contributed by atoms with Crippen LogP contribution in [-0.2, 0) is 10.1 Å². The molecule has 0 radical (unpaired) electrons. The van der Waals surface area contributed by atoms with Gasteiger partial charge in [0, 0.05) is 6.42 Å². The minimum Gasteiger partial charge on any atom is -0.281 e. The molecule has 0 heterocycles. The molecule has 0 aromatic carbocycles. The monoisotopic (exact) mass is 160 g/mol. The van der Waals surface area contributed by atoms with Crippen LogP contribution in [0.4, 0.5) is 8.78 Å². The van der Waals surface area contributed by atoms with Gasteiger partial charge in [0.2, 0.25) is 0 Å². The molecule has 0 unspecified atom stereocenters. The Kier molecular flexibility index (Phi) is 2.13. The normalized spacial score (nSPS) is 13.8. The third-order valence-electron chi connectivity index (χ3n) is 0.789. The summed E-state index contributed by atoms with van der Waals surface area (Å²) in [5.74, 6) is 0. The summed E-state index contributed by atoms with van der Waals surface area (Å²) in [4.78, 5) is 0. The van der Waals surface area contributed by atoms with Gasteiger partial charge in [0.1, 0.15) is 0 Å². The van der Waals surface area contributed by atoms with Crippen molar-refractivity contribution in [2.24, 2.45) is 0 Å². The zero-order valence-corrected chi connectivity index (χ0v) is 5.45. The van der Waals surface area contributed by atoms with Gasteiger partial charge in [-0.1, -0.05) is 6.92 Å². The lowest BCUT2D eigenvalue weighted by Crippen LogP contribution is -2.26. The van der Waals surface area contributed by atoms with Gasteiger partial charge in [-0.2, -0.15) is 17.2 Å². The van der Waals surface area contributed by atoms with Crippen molar-refractivity contribution in [3.8, 4) is 0 Å². The lowest BCUT2D eigenvalue weighted by molar-refractivity contribution is 0.0768. The number of hydrogen-bond donors (Lipinski definition) is 1. The van der Waals surface area contributed by atoms with Gasteiger partial charge in [-0.15, -0.1) is 0 Å². The van der Waals surface area contributed by atoms with Crippen LogP contribution in [-0.4, -0.2) is 18.2 Å². The molecule has 0 bridgehead atoms. The number of alkyl halides is 2. The molecule has 0 aromatic heterocycles. The van der Waals surface area contributed by atoms with Crippen LogP contribution in [0.15, 0.2) is 0 Å². The summed E-state index contributed by atoms with van der Waals surface area (Å²) in [6, 6.07) is 0. The van der Waals surface area contributed by atoms with Gasteiger partial charge in [-0.25, -0.2) is 0 Å². The first-order valence-electron chi connectivity index (χ1n) is 2.16. The van der Waals surface area contributed by atoms with Gasteiger partial charge in [0.05, 0.1) is 0 Å². The first-order chi connectivity index (χ1) is 3.81. The first-order valence-corrected chi connectivity index (χ1v) is 3.60. The third kappa shape index (κ3) is 1.87. The Hall–Kier alpha value is -0.230. The fraction of sp³-hybridized carbons (Fsp3) is 1.00. The molecule has 0 aliphatic carbocycles. The van der Waals surface area contributed by atoms with E-state index in [9.17, 15) is 17.2 Å². The zero-order valence-electron chi connectivity index (χ0n) is 4.63. The highest BCUT2D eigenvalue weighted by Crippen LogP contribution is 2.23. The Bertz CT molecular complexity index is 183. The molecular weight excluding hydrogens is 154 g/mol. The molecule has 0 atom stereocenters. The Labute approximate surface area is 51.4 Å². The van der Waals surface area contributed by atoms with Gasteiger partial charge in [0.25, 0.3) is 0 Å². The van der Waals surface area contributed by atoms with Crippen molar-refractivity contribution in [1.82, 2.24) is 0 Å². The van der Waals surface area contributed by atoms with E-state index in [-0.39, 0.29) is 0 Å². The Morgan fingerprint density at radius 3 is 1.89 bits per heavy atom. The molecule has 0 saturated carbocycles. The number of halogens is 2. The van der Waals surface area contributed by atoms with Crippen molar-refractivity contribution in [3.63, 3.8) is 0 Å². The predicted octanol–water partition coefficient (Wildman–Crippen LogP) is 0.877. The van der Waals surface area contributed by atoms with E-state index in [1.54, 1.807) is 0 Å². The van der Waals surface area contributed by atoms with Crippen LogP contribution in [0.3, 0.4) is 0 Å². The largest absolute Gasteiger partial charge is 0.369 e. The molecule has 0 aliphatic heterocycles. The van der Waals surface area contributed by atoms with Crippen molar-refractivity contribution in [2.75, 3.05) is 0 Å². The molecule has 0 amide bonds. The molecule has 9 heavy (non-hydrogen) atoms. The highest BCUT2D eigenvalue weighted by atomic mass is 32.2. The van der Waals surface area contributed by atoms with Gasteiger partial charge in [-0.05, 0) is 0 Å². The Balaban J connectivity index is 4.56. The Morgan fingerprint density at radius 2 is 1.89 bits per heavy atom. The molecule has 1 N–H and O–H groups in total. The van der Waals surface area contributed by atoms with E-state index in [2.05, 4.69) is 0 Å². The molecule has 0 fully saturated rings. The molecule has 0 spiro atoms. The van der Waals surface area contributed by atoms with E-state index >= 15 is 0 Å². The molecule has 3 nitrogen and oxygen atoms in total. The fourth-order valence-corrected chi connectivity index (χ4v) is 0.547. The van der Waals surface area contributed by atoms with Gasteiger partial charge in [0.15, 0.2) is 0 Å². The van der Waals surface area contributed by atoms with Crippen molar-refractivity contribution in [1.29, 1.82) is 0 Å². The van der Waals surface area contributed by atoms with Gasteiger partial charge < -0.3 is 0 Å². The summed E-state index contributed by atoms with van der Waals surface area (Å²) in [5, 5.41) is -3.99. The molecular formula is C3H6F2O3S. The van der Waals surface area contributed by atoms with Gasteiger partial charge >= 0.3 is 15.4 Å². The summed E-state index contributed by atoms with van der Waals surface area (Å²) in [7, 11) is -5.19. The first kappa shape index (κ1) is 8.77. The highest BCUT2D eigenvalue weighted by Gasteiger charge is 2.41. The molecule has 0 aliphatic rings.